The Labute approximate surface area is 230 Å². The third-order valence-electron chi connectivity index (χ3n) is 7.92. The molecule has 0 bridgehead atoms. The van der Waals surface area contributed by atoms with Crippen molar-refractivity contribution < 1.29 is 4.57 Å². The molecule has 0 atom stereocenters. The van der Waals surface area contributed by atoms with Gasteiger partial charge in [-0.3, -0.25) is 0 Å². The summed E-state index contributed by atoms with van der Waals surface area (Å²) < 4.78 is 17.4. The molecule has 7 aromatic carbocycles. The van der Waals surface area contributed by atoms with E-state index in [-0.39, 0.29) is 0 Å². The van der Waals surface area contributed by atoms with Crippen LogP contribution in [0.4, 0.5) is 0 Å². The summed E-state index contributed by atoms with van der Waals surface area (Å²) >= 11 is 1.79. The standard InChI is InChI=1S/C36H23OPS/c37-38(24-11-3-1-4-12-24,25-13-5-2-6-14-25)26-19-20-31-34-22-32-29-17-9-7-15-27(29)28-16-8-10-18-30(28)33(32)23-36(34)39-35(31)21-26/h1-23H. The number of thiophene rings is 1. The van der Waals surface area contributed by atoms with Gasteiger partial charge in [-0.05, 0) is 50.5 Å². The molecule has 1 nitrogen and oxygen atoms in total. The first kappa shape index (κ1) is 22.7. The normalized spacial score (nSPS) is 12.2. The number of hydrogen-bond acceptors (Lipinski definition) is 2. The van der Waals surface area contributed by atoms with Gasteiger partial charge in [-0.25, -0.2) is 0 Å². The smallest absolute Gasteiger partial charge is 0.171 e. The number of hydrogen-bond donors (Lipinski definition) is 0. The minimum absolute atomic E-state index is 0.861. The van der Waals surface area contributed by atoms with Crippen LogP contribution in [0.25, 0.3) is 52.5 Å². The summed E-state index contributed by atoms with van der Waals surface area (Å²) in [6.07, 6.45) is 0. The second kappa shape index (κ2) is 8.64. The highest BCUT2D eigenvalue weighted by atomic mass is 32.1. The van der Waals surface area contributed by atoms with Crippen LogP contribution in [0.1, 0.15) is 0 Å². The van der Waals surface area contributed by atoms with E-state index in [1.54, 1.807) is 11.3 Å². The molecule has 0 aliphatic rings. The van der Waals surface area contributed by atoms with Crippen LogP contribution >= 0.6 is 18.5 Å². The van der Waals surface area contributed by atoms with E-state index in [9.17, 15) is 4.57 Å². The van der Waals surface area contributed by atoms with Crippen molar-refractivity contribution in [3.8, 4) is 0 Å². The highest BCUT2D eigenvalue weighted by molar-refractivity contribution is 7.85. The minimum Gasteiger partial charge on any atom is -0.309 e. The molecule has 39 heavy (non-hydrogen) atoms. The Morgan fingerprint density at radius 1 is 0.359 bits per heavy atom. The molecule has 0 amide bonds. The Balaban J connectivity index is 1.43. The highest BCUT2D eigenvalue weighted by Crippen LogP contribution is 2.45. The van der Waals surface area contributed by atoms with Crippen LogP contribution in [-0.2, 0) is 4.57 Å². The van der Waals surface area contributed by atoms with Crippen LogP contribution < -0.4 is 15.9 Å². The zero-order chi connectivity index (χ0) is 26.0. The summed E-state index contributed by atoms with van der Waals surface area (Å²) in [5.74, 6) is 0. The Morgan fingerprint density at radius 2 is 0.821 bits per heavy atom. The first-order valence-electron chi connectivity index (χ1n) is 13.1. The summed E-state index contributed by atoms with van der Waals surface area (Å²) in [6, 6.07) is 48.4. The Kier molecular flexibility index (Phi) is 5.04. The van der Waals surface area contributed by atoms with E-state index in [2.05, 4.69) is 78.9 Å². The fourth-order valence-electron chi connectivity index (χ4n) is 6.08. The highest BCUT2D eigenvalue weighted by Gasteiger charge is 2.30. The van der Waals surface area contributed by atoms with Crippen molar-refractivity contribution in [2.75, 3.05) is 0 Å². The zero-order valence-electron chi connectivity index (χ0n) is 21.0. The Morgan fingerprint density at radius 3 is 1.38 bits per heavy atom. The van der Waals surface area contributed by atoms with E-state index < -0.39 is 7.14 Å². The summed E-state index contributed by atoms with van der Waals surface area (Å²) in [5.41, 5.74) is 0. The van der Waals surface area contributed by atoms with E-state index in [4.69, 9.17) is 0 Å². The van der Waals surface area contributed by atoms with Crippen molar-refractivity contribution in [1.82, 2.24) is 0 Å². The first-order valence-corrected chi connectivity index (χ1v) is 15.7. The summed E-state index contributed by atoms with van der Waals surface area (Å²) in [4.78, 5) is 0. The molecule has 8 rings (SSSR count). The number of rotatable bonds is 3. The summed E-state index contributed by atoms with van der Waals surface area (Å²) in [5, 5.41) is 12.8. The predicted molar refractivity (Wildman–Crippen MR) is 171 cm³/mol. The second-order valence-electron chi connectivity index (χ2n) is 10.0. The van der Waals surface area contributed by atoms with Crippen LogP contribution in [0.3, 0.4) is 0 Å². The van der Waals surface area contributed by atoms with Gasteiger partial charge in [0.15, 0.2) is 7.14 Å². The van der Waals surface area contributed by atoms with Gasteiger partial charge in [-0.1, -0.05) is 121 Å². The first-order chi connectivity index (χ1) is 19.2. The molecule has 184 valence electrons. The topological polar surface area (TPSA) is 17.1 Å². The van der Waals surface area contributed by atoms with Gasteiger partial charge in [0.25, 0.3) is 0 Å². The van der Waals surface area contributed by atoms with Gasteiger partial charge in [0.05, 0.1) is 0 Å². The van der Waals surface area contributed by atoms with Crippen LogP contribution in [0, 0.1) is 0 Å². The lowest BCUT2D eigenvalue weighted by molar-refractivity contribution is 0.592. The van der Waals surface area contributed by atoms with Gasteiger partial charge in [0.1, 0.15) is 0 Å². The lowest BCUT2D eigenvalue weighted by Crippen LogP contribution is -2.24. The van der Waals surface area contributed by atoms with E-state index >= 15 is 0 Å². The van der Waals surface area contributed by atoms with Gasteiger partial charge >= 0.3 is 0 Å². The molecular weight excluding hydrogens is 511 g/mol. The molecule has 0 radical (unpaired) electrons. The van der Waals surface area contributed by atoms with E-state index in [0.29, 0.717) is 0 Å². The average molecular weight is 535 g/mol. The number of benzene rings is 7. The average Bonchev–Trinajstić information content (AvgIpc) is 3.37. The monoisotopic (exact) mass is 534 g/mol. The van der Waals surface area contributed by atoms with Crippen LogP contribution in [0.2, 0.25) is 0 Å². The van der Waals surface area contributed by atoms with E-state index in [0.717, 1.165) is 15.9 Å². The van der Waals surface area contributed by atoms with Crippen LogP contribution in [0.15, 0.2) is 140 Å². The van der Waals surface area contributed by atoms with Gasteiger partial charge in [-0.2, -0.15) is 0 Å². The summed E-state index contributed by atoms with van der Waals surface area (Å²) in [6.45, 7) is 0. The van der Waals surface area contributed by atoms with Gasteiger partial charge in [0.2, 0.25) is 0 Å². The third-order valence-corrected chi connectivity index (χ3v) is 12.1. The molecule has 1 aromatic heterocycles. The molecule has 3 heteroatoms. The maximum Gasteiger partial charge on any atom is 0.171 e. The van der Waals surface area contributed by atoms with Gasteiger partial charge < -0.3 is 4.57 Å². The summed E-state index contributed by atoms with van der Waals surface area (Å²) in [7, 11) is -3.03. The molecule has 0 unspecified atom stereocenters. The zero-order valence-corrected chi connectivity index (χ0v) is 22.8. The molecule has 0 saturated carbocycles. The van der Waals surface area contributed by atoms with Gasteiger partial charge in [0, 0.05) is 36.1 Å². The maximum atomic E-state index is 15.0. The maximum absolute atomic E-state index is 15.0. The van der Waals surface area contributed by atoms with E-state index in [1.807, 2.05) is 60.7 Å². The lowest BCUT2D eigenvalue weighted by Gasteiger charge is -2.20. The second-order valence-corrected chi connectivity index (χ2v) is 13.9. The van der Waals surface area contributed by atoms with Crippen LogP contribution in [-0.4, -0.2) is 0 Å². The molecule has 0 saturated heterocycles. The lowest BCUT2D eigenvalue weighted by atomic mass is 9.93. The molecule has 0 spiro atoms. The molecule has 0 fully saturated rings. The third kappa shape index (κ3) is 3.36. The fraction of sp³-hybridized carbons (Fsp3) is 0. The molecule has 8 aromatic rings. The van der Waals surface area contributed by atoms with Crippen molar-refractivity contribution in [2.24, 2.45) is 0 Å². The Bertz CT molecular complexity index is 2200. The predicted octanol–water partition coefficient (Wildman–Crippen LogP) is 9.15. The molecular formula is C36H23OPS. The quantitative estimate of drug-likeness (QED) is 0.163. The number of fused-ring (bicyclic) bond motifs is 9. The minimum atomic E-state index is -3.03. The SMILES string of the molecule is O=P(c1ccccc1)(c1ccccc1)c1ccc2c(c1)sc1cc3c4ccccc4c4ccccc4c3cc12. The molecule has 0 aliphatic heterocycles. The molecule has 1 heterocycles. The van der Waals surface area contributed by atoms with Crippen molar-refractivity contribution in [3.63, 3.8) is 0 Å². The van der Waals surface area contributed by atoms with Crippen molar-refractivity contribution in [2.45, 2.75) is 0 Å². The van der Waals surface area contributed by atoms with Gasteiger partial charge in [-0.15, -0.1) is 11.3 Å². The van der Waals surface area contributed by atoms with E-state index in [1.165, 1.54) is 52.5 Å². The fourth-order valence-corrected chi connectivity index (χ4v) is 10.0. The Hall–Kier alpha value is -4.23. The molecule has 0 aliphatic carbocycles. The van der Waals surface area contributed by atoms with Crippen molar-refractivity contribution in [1.29, 1.82) is 0 Å². The van der Waals surface area contributed by atoms with Crippen molar-refractivity contribution >= 4 is 86.9 Å². The van der Waals surface area contributed by atoms with Crippen molar-refractivity contribution in [3.05, 3.63) is 140 Å². The molecule has 0 N–H and O–H groups in total. The largest absolute Gasteiger partial charge is 0.309 e. The van der Waals surface area contributed by atoms with Crippen LogP contribution in [0.5, 0.6) is 0 Å².